The molecular weight excluding hydrogens is 214 g/mol. The predicted octanol–water partition coefficient (Wildman–Crippen LogP) is 2.00. The van der Waals surface area contributed by atoms with Crippen LogP contribution in [0.2, 0.25) is 0 Å². The van der Waals surface area contributed by atoms with Gasteiger partial charge in [0.15, 0.2) is 0 Å². The van der Waals surface area contributed by atoms with Gasteiger partial charge in [0.25, 0.3) is 0 Å². The van der Waals surface area contributed by atoms with Crippen LogP contribution in [0.1, 0.15) is 37.1 Å². The Labute approximate surface area is 103 Å². The second kappa shape index (κ2) is 5.96. The number of ether oxygens (including phenoxy) is 1. The van der Waals surface area contributed by atoms with Crippen molar-refractivity contribution in [3.8, 4) is 5.88 Å². The van der Waals surface area contributed by atoms with E-state index < -0.39 is 0 Å². The summed E-state index contributed by atoms with van der Waals surface area (Å²) in [6.07, 6.45) is 6.72. The first-order valence-electron chi connectivity index (χ1n) is 6.42. The van der Waals surface area contributed by atoms with Gasteiger partial charge in [0.05, 0.1) is 18.0 Å². The van der Waals surface area contributed by atoms with Gasteiger partial charge in [-0.15, -0.1) is 0 Å². The fourth-order valence-corrected chi connectivity index (χ4v) is 2.12. The Hall–Kier alpha value is -1.16. The molecule has 0 spiro atoms. The molecule has 1 aliphatic rings. The van der Waals surface area contributed by atoms with Gasteiger partial charge in [-0.3, -0.25) is 4.98 Å². The van der Waals surface area contributed by atoms with Crippen molar-refractivity contribution in [2.24, 2.45) is 0 Å². The monoisotopic (exact) mass is 235 g/mol. The van der Waals surface area contributed by atoms with Gasteiger partial charge in [-0.2, -0.15) is 0 Å². The molecule has 17 heavy (non-hydrogen) atoms. The zero-order valence-electron chi connectivity index (χ0n) is 10.7. The van der Waals surface area contributed by atoms with E-state index in [1.807, 2.05) is 13.8 Å². The highest BCUT2D eigenvalue weighted by molar-refractivity contribution is 5.17. The quantitative estimate of drug-likeness (QED) is 0.867. The van der Waals surface area contributed by atoms with E-state index in [9.17, 15) is 0 Å². The molecular formula is C13H21N3O. The standard InChI is InChI=1S/C13H21N3O/c1-10-9-15-11(2)13(16-10)17-8-6-12-5-3-4-7-14-12/h9,12,14H,3-8H2,1-2H3. The van der Waals surface area contributed by atoms with Gasteiger partial charge < -0.3 is 10.1 Å². The Bertz CT molecular complexity index is 362. The van der Waals surface area contributed by atoms with Gasteiger partial charge in [-0.05, 0) is 39.7 Å². The van der Waals surface area contributed by atoms with Gasteiger partial charge in [-0.25, -0.2) is 4.98 Å². The molecule has 2 heterocycles. The average molecular weight is 235 g/mol. The second-order valence-electron chi connectivity index (χ2n) is 4.69. The smallest absolute Gasteiger partial charge is 0.235 e. The van der Waals surface area contributed by atoms with Crippen molar-refractivity contribution in [2.45, 2.75) is 45.6 Å². The molecule has 1 saturated heterocycles. The van der Waals surface area contributed by atoms with Crippen molar-refractivity contribution >= 4 is 0 Å². The summed E-state index contributed by atoms with van der Waals surface area (Å²) in [4.78, 5) is 8.59. The van der Waals surface area contributed by atoms with Crippen LogP contribution in [0.5, 0.6) is 5.88 Å². The molecule has 0 aliphatic carbocycles. The molecule has 1 aromatic heterocycles. The van der Waals surface area contributed by atoms with Crippen molar-refractivity contribution in [3.05, 3.63) is 17.6 Å². The van der Waals surface area contributed by atoms with Crippen LogP contribution in [0.3, 0.4) is 0 Å². The van der Waals surface area contributed by atoms with Crippen LogP contribution in [0.25, 0.3) is 0 Å². The molecule has 2 rings (SSSR count). The number of nitrogens with zero attached hydrogens (tertiary/aromatic N) is 2. The van der Waals surface area contributed by atoms with E-state index in [0.29, 0.717) is 11.9 Å². The predicted molar refractivity (Wildman–Crippen MR) is 67.3 cm³/mol. The summed E-state index contributed by atoms with van der Waals surface area (Å²) in [6.45, 7) is 5.73. The van der Waals surface area contributed by atoms with Crippen molar-refractivity contribution in [1.29, 1.82) is 0 Å². The van der Waals surface area contributed by atoms with Gasteiger partial charge in [0.2, 0.25) is 5.88 Å². The number of piperidine rings is 1. The maximum absolute atomic E-state index is 5.71. The maximum Gasteiger partial charge on any atom is 0.235 e. The van der Waals surface area contributed by atoms with Gasteiger partial charge >= 0.3 is 0 Å². The molecule has 1 aromatic rings. The van der Waals surface area contributed by atoms with Crippen molar-refractivity contribution in [3.63, 3.8) is 0 Å². The molecule has 1 atom stereocenters. The third-order valence-corrected chi connectivity index (χ3v) is 3.15. The molecule has 94 valence electrons. The number of rotatable bonds is 4. The molecule has 4 heteroatoms. The number of aryl methyl sites for hydroxylation is 2. The molecule has 0 bridgehead atoms. The summed E-state index contributed by atoms with van der Waals surface area (Å²) in [5.74, 6) is 0.681. The van der Waals surface area contributed by atoms with Crippen molar-refractivity contribution < 1.29 is 4.74 Å². The normalized spacial score (nSPS) is 20.2. The first-order chi connectivity index (χ1) is 8.25. The van der Waals surface area contributed by atoms with Crippen molar-refractivity contribution in [1.82, 2.24) is 15.3 Å². The number of aromatic nitrogens is 2. The van der Waals surface area contributed by atoms with Crippen LogP contribution in [0.15, 0.2) is 6.20 Å². The Morgan fingerprint density at radius 3 is 3.06 bits per heavy atom. The minimum Gasteiger partial charge on any atom is -0.476 e. The molecule has 0 amide bonds. The van der Waals surface area contributed by atoms with Crippen LogP contribution in [0.4, 0.5) is 0 Å². The van der Waals surface area contributed by atoms with Gasteiger partial charge in [0.1, 0.15) is 0 Å². The average Bonchev–Trinajstić information content (AvgIpc) is 2.35. The van der Waals surface area contributed by atoms with Crippen molar-refractivity contribution in [2.75, 3.05) is 13.2 Å². The molecule has 0 aromatic carbocycles. The summed E-state index contributed by atoms with van der Waals surface area (Å²) in [7, 11) is 0. The van der Waals surface area contributed by atoms with Crippen LogP contribution >= 0.6 is 0 Å². The molecule has 1 aliphatic heterocycles. The number of hydrogen-bond acceptors (Lipinski definition) is 4. The largest absolute Gasteiger partial charge is 0.476 e. The third-order valence-electron chi connectivity index (χ3n) is 3.15. The molecule has 1 fully saturated rings. The van der Waals surface area contributed by atoms with Crippen LogP contribution < -0.4 is 10.1 Å². The van der Waals surface area contributed by atoms with E-state index in [4.69, 9.17) is 4.74 Å². The Balaban J connectivity index is 1.79. The Kier molecular flexibility index (Phi) is 4.31. The minimum atomic E-state index is 0.613. The zero-order valence-corrected chi connectivity index (χ0v) is 10.7. The third kappa shape index (κ3) is 3.66. The van der Waals surface area contributed by atoms with E-state index in [1.54, 1.807) is 6.20 Å². The van der Waals surface area contributed by atoms with E-state index in [0.717, 1.165) is 31.0 Å². The maximum atomic E-state index is 5.71. The molecule has 0 radical (unpaired) electrons. The lowest BCUT2D eigenvalue weighted by molar-refractivity contribution is 0.258. The molecule has 0 saturated carbocycles. The Morgan fingerprint density at radius 1 is 1.41 bits per heavy atom. The first-order valence-corrected chi connectivity index (χ1v) is 6.42. The lowest BCUT2D eigenvalue weighted by Crippen LogP contribution is -2.35. The summed E-state index contributed by atoms with van der Waals surface area (Å²) in [6, 6.07) is 0.613. The number of nitrogens with one attached hydrogen (secondary N) is 1. The highest BCUT2D eigenvalue weighted by Crippen LogP contribution is 2.14. The minimum absolute atomic E-state index is 0.613. The van der Waals surface area contributed by atoms with E-state index in [1.165, 1.54) is 19.3 Å². The second-order valence-corrected chi connectivity index (χ2v) is 4.69. The van der Waals surface area contributed by atoms with E-state index in [-0.39, 0.29) is 0 Å². The van der Waals surface area contributed by atoms with E-state index in [2.05, 4.69) is 15.3 Å². The van der Waals surface area contributed by atoms with E-state index >= 15 is 0 Å². The summed E-state index contributed by atoms with van der Waals surface area (Å²) in [5.41, 5.74) is 1.77. The van der Waals surface area contributed by atoms with Crippen LogP contribution in [-0.2, 0) is 0 Å². The SMILES string of the molecule is Cc1cnc(C)c(OCCC2CCCCN2)n1. The zero-order chi connectivity index (χ0) is 12.1. The molecule has 4 nitrogen and oxygen atoms in total. The molecule has 1 N–H and O–H groups in total. The lowest BCUT2D eigenvalue weighted by atomic mass is 10.0. The highest BCUT2D eigenvalue weighted by Gasteiger charge is 2.12. The summed E-state index contributed by atoms with van der Waals surface area (Å²) in [5, 5.41) is 3.52. The fourth-order valence-electron chi connectivity index (χ4n) is 2.12. The van der Waals surface area contributed by atoms with Gasteiger partial charge in [0, 0.05) is 12.2 Å². The highest BCUT2D eigenvalue weighted by atomic mass is 16.5. The Morgan fingerprint density at radius 2 is 2.29 bits per heavy atom. The van der Waals surface area contributed by atoms with Crippen LogP contribution in [-0.4, -0.2) is 29.2 Å². The number of hydrogen-bond donors (Lipinski definition) is 1. The summed E-state index contributed by atoms with van der Waals surface area (Å²) < 4.78 is 5.71. The topological polar surface area (TPSA) is 47.0 Å². The molecule has 1 unspecified atom stereocenters. The fraction of sp³-hybridized carbons (Fsp3) is 0.692. The summed E-state index contributed by atoms with van der Waals surface area (Å²) >= 11 is 0. The lowest BCUT2D eigenvalue weighted by Gasteiger charge is -2.23. The van der Waals surface area contributed by atoms with Gasteiger partial charge in [-0.1, -0.05) is 6.42 Å². The van der Waals surface area contributed by atoms with Crippen LogP contribution in [0, 0.1) is 13.8 Å². The first kappa shape index (κ1) is 12.3.